The van der Waals surface area contributed by atoms with Gasteiger partial charge >= 0.3 is 0 Å². The molecule has 5 rings (SSSR count). The van der Waals surface area contributed by atoms with Crippen molar-refractivity contribution in [2.75, 3.05) is 68.8 Å². The van der Waals surface area contributed by atoms with E-state index < -0.39 is 0 Å². The molecule has 0 bridgehead atoms. The molecule has 0 atom stereocenters. The van der Waals surface area contributed by atoms with E-state index in [1.54, 1.807) is 12.1 Å². The second kappa shape index (κ2) is 7.51. The number of rotatable bonds is 4. The minimum Gasteiger partial charge on any atom is -0.486 e. The standard InChI is InChI=1S/C22H26FN3O2/c23-18-4-5-19-17(16-18)6-7-25(19)11-8-24-9-12-26(13-10-24)20-2-1-3-21-22(20)28-15-14-27-21/h1-5,16H,6-15H2. The summed E-state index contributed by atoms with van der Waals surface area (Å²) in [4.78, 5) is 7.31. The van der Waals surface area contributed by atoms with Gasteiger partial charge < -0.3 is 19.3 Å². The van der Waals surface area contributed by atoms with Crippen molar-refractivity contribution in [2.24, 2.45) is 0 Å². The van der Waals surface area contributed by atoms with Crippen molar-refractivity contribution in [3.8, 4) is 11.5 Å². The Kier molecular flexibility index (Phi) is 4.72. The maximum atomic E-state index is 13.4. The van der Waals surface area contributed by atoms with Gasteiger partial charge in [-0.15, -0.1) is 0 Å². The van der Waals surface area contributed by atoms with Crippen LogP contribution in [-0.4, -0.2) is 63.9 Å². The topological polar surface area (TPSA) is 28.2 Å². The molecule has 2 aromatic rings. The Hall–Kier alpha value is -2.47. The SMILES string of the molecule is Fc1ccc2c(c1)CCN2CCN1CCN(c2cccc3c2OCCO3)CC1. The first-order valence-corrected chi connectivity index (χ1v) is 10.2. The van der Waals surface area contributed by atoms with Gasteiger partial charge in [0.1, 0.15) is 19.0 Å². The van der Waals surface area contributed by atoms with E-state index in [1.165, 1.54) is 5.69 Å². The number of ether oxygens (including phenoxy) is 2. The van der Waals surface area contributed by atoms with Crippen molar-refractivity contribution in [1.29, 1.82) is 0 Å². The summed E-state index contributed by atoms with van der Waals surface area (Å²) in [5, 5.41) is 0. The van der Waals surface area contributed by atoms with Crippen molar-refractivity contribution in [2.45, 2.75) is 6.42 Å². The molecule has 0 N–H and O–H groups in total. The highest BCUT2D eigenvalue weighted by molar-refractivity contribution is 5.65. The molecule has 1 fully saturated rings. The average molecular weight is 383 g/mol. The number of halogens is 1. The molecule has 0 aliphatic carbocycles. The van der Waals surface area contributed by atoms with E-state index in [4.69, 9.17) is 9.47 Å². The molecule has 0 saturated carbocycles. The molecule has 3 aliphatic rings. The van der Waals surface area contributed by atoms with Crippen LogP contribution in [0.3, 0.4) is 0 Å². The summed E-state index contributed by atoms with van der Waals surface area (Å²) < 4.78 is 25.0. The van der Waals surface area contributed by atoms with Crippen LogP contribution in [0, 0.1) is 5.82 Å². The molecule has 0 spiro atoms. The van der Waals surface area contributed by atoms with E-state index >= 15 is 0 Å². The third kappa shape index (κ3) is 3.37. The zero-order valence-corrected chi connectivity index (χ0v) is 16.1. The fourth-order valence-corrected chi connectivity index (χ4v) is 4.45. The monoisotopic (exact) mass is 383 g/mol. The summed E-state index contributed by atoms with van der Waals surface area (Å²) in [6.07, 6.45) is 0.946. The van der Waals surface area contributed by atoms with E-state index in [1.807, 2.05) is 18.2 Å². The third-order valence-corrected chi connectivity index (χ3v) is 5.98. The van der Waals surface area contributed by atoms with Gasteiger partial charge in [-0.25, -0.2) is 4.39 Å². The second-order valence-corrected chi connectivity index (χ2v) is 7.64. The molecule has 1 saturated heterocycles. The van der Waals surface area contributed by atoms with E-state index in [2.05, 4.69) is 20.8 Å². The number of nitrogens with zero attached hydrogens (tertiary/aromatic N) is 3. The first kappa shape index (κ1) is 17.6. The number of para-hydroxylation sites is 1. The summed E-state index contributed by atoms with van der Waals surface area (Å²) in [5.74, 6) is 1.62. The van der Waals surface area contributed by atoms with Crippen LogP contribution in [0.15, 0.2) is 36.4 Å². The Bertz CT molecular complexity index is 852. The van der Waals surface area contributed by atoms with Crippen molar-refractivity contribution < 1.29 is 13.9 Å². The largest absolute Gasteiger partial charge is 0.486 e. The third-order valence-electron chi connectivity index (χ3n) is 5.98. The van der Waals surface area contributed by atoms with Crippen molar-refractivity contribution in [1.82, 2.24) is 4.90 Å². The van der Waals surface area contributed by atoms with Crippen LogP contribution in [0.1, 0.15) is 5.56 Å². The summed E-state index contributed by atoms with van der Waals surface area (Å²) in [7, 11) is 0. The molecular weight excluding hydrogens is 357 g/mol. The van der Waals surface area contributed by atoms with E-state index in [-0.39, 0.29) is 5.82 Å². The molecule has 0 amide bonds. The first-order chi connectivity index (χ1) is 13.8. The predicted octanol–water partition coefficient (Wildman–Crippen LogP) is 2.78. The number of fused-ring (bicyclic) bond motifs is 2. The minimum atomic E-state index is -0.130. The molecule has 2 aromatic carbocycles. The fraction of sp³-hybridized carbons (Fsp3) is 0.455. The zero-order chi connectivity index (χ0) is 18.9. The highest BCUT2D eigenvalue weighted by Crippen LogP contribution is 2.39. The van der Waals surface area contributed by atoms with Crippen LogP contribution in [-0.2, 0) is 6.42 Å². The van der Waals surface area contributed by atoms with Gasteiger partial charge in [-0.1, -0.05) is 6.07 Å². The second-order valence-electron chi connectivity index (χ2n) is 7.64. The predicted molar refractivity (Wildman–Crippen MR) is 108 cm³/mol. The lowest BCUT2D eigenvalue weighted by molar-refractivity contribution is 0.171. The van der Waals surface area contributed by atoms with Gasteiger partial charge in [0.25, 0.3) is 0 Å². The van der Waals surface area contributed by atoms with Gasteiger partial charge in [0.15, 0.2) is 11.5 Å². The maximum absolute atomic E-state index is 13.4. The Labute approximate surface area is 165 Å². The zero-order valence-electron chi connectivity index (χ0n) is 16.1. The lowest BCUT2D eigenvalue weighted by Crippen LogP contribution is -2.48. The van der Waals surface area contributed by atoms with E-state index in [0.717, 1.165) is 75.0 Å². The maximum Gasteiger partial charge on any atom is 0.184 e. The number of hydrogen-bond acceptors (Lipinski definition) is 5. The fourth-order valence-electron chi connectivity index (χ4n) is 4.45. The van der Waals surface area contributed by atoms with Gasteiger partial charge in [0.05, 0.1) is 5.69 Å². The summed E-state index contributed by atoms with van der Waals surface area (Å²) in [5.41, 5.74) is 3.49. The number of benzene rings is 2. The normalized spacial score (nSPS) is 19.0. The van der Waals surface area contributed by atoms with E-state index in [9.17, 15) is 4.39 Å². The van der Waals surface area contributed by atoms with E-state index in [0.29, 0.717) is 13.2 Å². The van der Waals surface area contributed by atoms with Crippen LogP contribution >= 0.6 is 0 Å². The van der Waals surface area contributed by atoms with Crippen LogP contribution in [0.4, 0.5) is 15.8 Å². The van der Waals surface area contributed by atoms with Gasteiger partial charge in [0.2, 0.25) is 0 Å². The van der Waals surface area contributed by atoms with Gasteiger partial charge in [-0.2, -0.15) is 0 Å². The molecule has 0 radical (unpaired) electrons. The van der Waals surface area contributed by atoms with Gasteiger partial charge in [-0.3, -0.25) is 4.90 Å². The quantitative estimate of drug-likeness (QED) is 0.810. The Morgan fingerprint density at radius 1 is 0.857 bits per heavy atom. The van der Waals surface area contributed by atoms with Crippen LogP contribution in [0.25, 0.3) is 0 Å². The number of anilines is 2. The van der Waals surface area contributed by atoms with Gasteiger partial charge in [0, 0.05) is 51.5 Å². The molecule has 6 heteroatoms. The molecular formula is C22H26FN3O2. The molecule has 3 heterocycles. The average Bonchev–Trinajstić information content (AvgIpc) is 3.14. The van der Waals surface area contributed by atoms with Crippen LogP contribution in [0.2, 0.25) is 0 Å². The molecule has 0 aromatic heterocycles. The van der Waals surface area contributed by atoms with Crippen LogP contribution < -0.4 is 19.3 Å². The lowest BCUT2D eigenvalue weighted by atomic mass is 10.1. The van der Waals surface area contributed by atoms with Crippen molar-refractivity contribution in [3.63, 3.8) is 0 Å². The van der Waals surface area contributed by atoms with Gasteiger partial charge in [-0.05, 0) is 42.3 Å². The Morgan fingerprint density at radius 2 is 1.71 bits per heavy atom. The van der Waals surface area contributed by atoms with Crippen molar-refractivity contribution >= 4 is 11.4 Å². The first-order valence-electron chi connectivity index (χ1n) is 10.2. The summed E-state index contributed by atoms with van der Waals surface area (Å²) in [6.45, 7) is 8.31. The number of piperazine rings is 1. The highest BCUT2D eigenvalue weighted by atomic mass is 19.1. The number of hydrogen-bond donors (Lipinski definition) is 0. The molecule has 3 aliphatic heterocycles. The van der Waals surface area contributed by atoms with Crippen LogP contribution in [0.5, 0.6) is 11.5 Å². The Morgan fingerprint density at radius 3 is 2.61 bits per heavy atom. The molecule has 28 heavy (non-hydrogen) atoms. The summed E-state index contributed by atoms with van der Waals surface area (Å²) >= 11 is 0. The summed E-state index contributed by atoms with van der Waals surface area (Å²) in [6, 6.07) is 11.3. The smallest absolute Gasteiger partial charge is 0.184 e. The molecule has 0 unspecified atom stereocenters. The highest BCUT2D eigenvalue weighted by Gasteiger charge is 2.25. The molecule has 5 nitrogen and oxygen atoms in total. The minimum absolute atomic E-state index is 0.130. The Balaban J connectivity index is 1.17. The lowest BCUT2D eigenvalue weighted by Gasteiger charge is -2.38. The molecule has 148 valence electrons. The van der Waals surface area contributed by atoms with Crippen molar-refractivity contribution in [3.05, 3.63) is 47.8 Å².